The Kier molecular flexibility index (Phi) is 3.13. The van der Waals surface area contributed by atoms with Gasteiger partial charge in [-0.15, -0.1) is 0 Å². The topological polar surface area (TPSA) is 23.1 Å². The average molecular weight is 261 g/mol. The summed E-state index contributed by atoms with van der Waals surface area (Å²) in [5, 5.41) is 11.1. The molecule has 0 amide bonds. The molecule has 0 bridgehead atoms. The van der Waals surface area contributed by atoms with Crippen LogP contribution in [0.25, 0.3) is 0 Å². The molecule has 0 fully saturated rings. The van der Waals surface area contributed by atoms with Crippen LogP contribution in [0.4, 0.5) is 30.7 Å². The first kappa shape index (κ1) is 13.8. The summed E-state index contributed by atoms with van der Waals surface area (Å²) in [5.41, 5.74) is -7.06. The standard InChI is InChI=1S/C9H4F7O/c10-6-3-1-2-5(4-6)7(17,8(11,12)13)9(14,15)16/h1-4H/q-1. The first-order valence-corrected chi connectivity index (χ1v) is 4.10. The van der Waals surface area contributed by atoms with Gasteiger partial charge in [0.1, 0.15) is 11.4 Å². The summed E-state index contributed by atoms with van der Waals surface area (Å²) in [4.78, 5) is 0. The van der Waals surface area contributed by atoms with E-state index in [9.17, 15) is 35.8 Å². The van der Waals surface area contributed by atoms with Crippen LogP contribution in [0, 0.1) is 5.82 Å². The Bertz CT molecular complexity index is 393. The van der Waals surface area contributed by atoms with Crippen molar-refractivity contribution in [1.29, 1.82) is 0 Å². The first-order chi connectivity index (χ1) is 7.50. The van der Waals surface area contributed by atoms with Crippen molar-refractivity contribution in [2.45, 2.75) is 18.0 Å². The Balaban J connectivity index is 3.46. The monoisotopic (exact) mass is 261 g/mol. The minimum atomic E-state index is -6.11. The predicted molar refractivity (Wildman–Crippen MR) is 40.2 cm³/mol. The zero-order valence-corrected chi connectivity index (χ0v) is 7.86. The van der Waals surface area contributed by atoms with Crippen molar-refractivity contribution < 1.29 is 35.8 Å². The van der Waals surface area contributed by atoms with Gasteiger partial charge in [-0.05, 0) is 17.7 Å². The molecule has 8 heteroatoms. The number of benzene rings is 1. The van der Waals surface area contributed by atoms with Gasteiger partial charge in [-0.2, -0.15) is 26.3 Å². The third kappa shape index (κ3) is 2.21. The van der Waals surface area contributed by atoms with Gasteiger partial charge in [-0.3, -0.25) is 0 Å². The molecular formula is C9H4F7O-. The summed E-state index contributed by atoms with van der Waals surface area (Å²) >= 11 is 0. The lowest BCUT2D eigenvalue weighted by atomic mass is 9.92. The molecule has 0 aliphatic rings. The zero-order chi connectivity index (χ0) is 13.5. The van der Waals surface area contributed by atoms with E-state index in [4.69, 9.17) is 0 Å². The summed E-state index contributed by atoms with van der Waals surface area (Å²) < 4.78 is 86.2. The predicted octanol–water partition coefficient (Wildman–Crippen LogP) is 2.51. The van der Waals surface area contributed by atoms with Crippen molar-refractivity contribution in [2.24, 2.45) is 0 Å². The molecule has 96 valence electrons. The van der Waals surface area contributed by atoms with E-state index in [2.05, 4.69) is 0 Å². The van der Waals surface area contributed by atoms with Crippen molar-refractivity contribution in [1.82, 2.24) is 0 Å². The quantitative estimate of drug-likeness (QED) is 0.712. The fourth-order valence-electron chi connectivity index (χ4n) is 1.20. The lowest BCUT2D eigenvalue weighted by Crippen LogP contribution is -2.63. The van der Waals surface area contributed by atoms with E-state index in [0.717, 1.165) is 0 Å². The summed E-state index contributed by atoms with van der Waals surface area (Å²) in [7, 11) is 0. The summed E-state index contributed by atoms with van der Waals surface area (Å²) in [6.45, 7) is 0. The molecule has 1 aromatic rings. The van der Waals surface area contributed by atoms with Gasteiger partial charge in [0, 0.05) is 0 Å². The fraction of sp³-hybridized carbons (Fsp3) is 0.333. The maximum absolute atomic E-state index is 12.6. The number of rotatable bonds is 1. The van der Waals surface area contributed by atoms with Crippen molar-refractivity contribution >= 4 is 0 Å². The molecule has 0 unspecified atom stereocenters. The van der Waals surface area contributed by atoms with Gasteiger partial charge in [-0.25, -0.2) is 4.39 Å². The highest BCUT2D eigenvalue weighted by molar-refractivity contribution is 5.26. The number of halogens is 7. The van der Waals surface area contributed by atoms with Gasteiger partial charge in [0.25, 0.3) is 0 Å². The number of hydrogen-bond acceptors (Lipinski definition) is 1. The molecule has 0 radical (unpaired) electrons. The van der Waals surface area contributed by atoms with Crippen molar-refractivity contribution in [3.63, 3.8) is 0 Å². The lowest BCUT2D eigenvalue weighted by Gasteiger charge is -2.43. The van der Waals surface area contributed by atoms with Crippen LogP contribution in [0.2, 0.25) is 0 Å². The smallest absolute Gasteiger partial charge is 0.392 e. The second-order valence-corrected chi connectivity index (χ2v) is 3.19. The molecule has 17 heavy (non-hydrogen) atoms. The second kappa shape index (κ2) is 3.86. The Morgan fingerprint density at radius 1 is 0.882 bits per heavy atom. The molecule has 1 rings (SSSR count). The van der Waals surface area contributed by atoms with Crippen molar-refractivity contribution in [3.8, 4) is 0 Å². The highest BCUT2D eigenvalue weighted by atomic mass is 19.4. The Morgan fingerprint density at radius 2 is 1.35 bits per heavy atom. The highest BCUT2D eigenvalue weighted by Crippen LogP contribution is 2.47. The minimum Gasteiger partial charge on any atom is -0.833 e. The molecule has 0 saturated heterocycles. The molecular weight excluding hydrogens is 257 g/mol. The SMILES string of the molecule is [O-]C(c1cccc(F)c1)(C(F)(F)F)C(F)(F)F. The fourth-order valence-corrected chi connectivity index (χ4v) is 1.20. The van der Waals surface area contributed by atoms with Gasteiger partial charge in [0.15, 0.2) is 0 Å². The van der Waals surface area contributed by atoms with E-state index >= 15 is 0 Å². The van der Waals surface area contributed by atoms with Crippen LogP contribution in [-0.2, 0) is 5.60 Å². The van der Waals surface area contributed by atoms with Crippen LogP contribution in [0.1, 0.15) is 5.56 Å². The molecule has 0 N–H and O–H groups in total. The summed E-state index contributed by atoms with van der Waals surface area (Å²) in [6, 6.07) is 1.45. The molecule has 0 aliphatic carbocycles. The molecule has 0 aromatic heterocycles. The van der Waals surface area contributed by atoms with Gasteiger partial charge in [-0.1, -0.05) is 12.1 Å². The maximum atomic E-state index is 12.6. The largest absolute Gasteiger partial charge is 0.833 e. The van der Waals surface area contributed by atoms with Gasteiger partial charge in [0.2, 0.25) is 0 Å². The lowest BCUT2D eigenvalue weighted by molar-refractivity contribution is -0.604. The van der Waals surface area contributed by atoms with Gasteiger partial charge in [0.05, 0.1) is 0 Å². The normalized spacial score (nSPS) is 13.9. The maximum Gasteiger partial charge on any atom is 0.392 e. The molecule has 1 aromatic carbocycles. The van der Waals surface area contributed by atoms with E-state index in [1.165, 1.54) is 0 Å². The van der Waals surface area contributed by atoms with E-state index in [0.29, 0.717) is 12.1 Å². The molecule has 0 saturated carbocycles. The Labute approximate surface area is 90.5 Å². The van der Waals surface area contributed by atoms with E-state index in [-0.39, 0.29) is 12.1 Å². The Morgan fingerprint density at radius 3 is 1.71 bits per heavy atom. The molecule has 0 atom stereocenters. The second-order valence-electron chi connectivity index (χ2n) is 3.19. The van der Waals surface area contributed by atoms with Crippen LogP contribution in [0.5, 0.6) is 0 Å². The summed E-state index contributed by atoms with van der Waals surface area (Å²) in [6.07, 6.45) is -12.2. The van der Waals surface area contributed by atoms with Crippen LogP contribution >= 0.6 is 0 Å². The van der Waals surface area contributed by atoms with Gasteiger partial charge < -0.3 is 5.11 Å². The van der Waals surface area contributed by atoms with Crippen LogP contribution in [0.15, 0.2) is 24.3 Å². The first-order valence-electron chi connectivity index (χ1n) is 4.10. The van der Waals surface area contributed by atoms with Crippen molar-refractivity contribution in [2.75, 3.05) is 0 Å². The van der Waals surface area contributed by atoms with E-state index in [1.54, 1.807) is 0 Å². The number of alkyl halides is 6. The minimum absolute atomic E-state index is 0.0754. The molecule has 0 heterocycles. The highest BCUT2D eigenvalue weighted by Gasteiger charge is 2.63. The van der Waals surface area contributed by atoms with E-state index < -0.39 is 29.3 Å². The molecule has 0 spiro atoms. The van der Waals surface area contributed by atoms with E-state index in [1.807, 2.05) is 0 Å². The third-order valence-corrected chi connectivity index (χ3v) is 2.03. The number of hydrogen-bond donors (Lipinski definition) is 0. The third-order valence-electron chi connectivity index (χ3n) is 2.03. The van der Waals surface area contributed by atoms with Crippen LogP contribution in [0.3, 0.4) is 0 Å². The zero-order valence-electron chi connectivity index (χ0n) is 7.86. The Hall–Kier alpha value is -1.31. The summed E-state index contributed by atoms with van der Waals surface area (Å²) in [5.74, 6) is -1.35. The van der Waals surface area contributed by atoms with Gasteiger partial charge >= 0.3 is 12.4 Å². The average Bonchev–Trinajstić information content (AvgIpc) is 2.12. The van der Waals surface area contributed by atoms with Crippen molar-refractivity contribution in [3.05, 3.63) is 35.6 Å². The molecule has 0 aliphatic heterocycles. The molecule has 1 nitrogen and oxygen atoms in total. The van der Waals surface area contributed by atoms with Crippen LogP contribution < -0.4 is 5.11 Å². The van der Waals surface area contributed by atoms with Crippen LogP contribution in [-0.4, -0.2) is 12.4 Å².